The number of halogens is 1. The van der Waals surface area contributed by atoms with Crippen molar-refractivity contribution in [2.24, 2.45) is 5.84 Å². The van der Waals surface area contributed by atoms with Gasteiger partial charge >= 0.3 is 0 Å². The Labute approximate surface area is 112 Å². The molecule has 0 bridgehead atoms. The number of nitrogens with one attached hydrogen (secondary N) is 1. The van der Waals surface area contributed by atoms with E-state index in [1.807, 2.05) is 24.3 Å². The van der Waals surface area contributed by atoms with Crippen molar-refractivity contribution in [2.75, 3.05) is 0 Å². The van der Waals surface area contributed by atoms with Crippen molar-refractivity contribution in [1.29, 1.82) is 0 Å². The van der Waals surface area contributed by atoms with Gasteiger partial charge in [-0.3, -0.25) is 11.3 Å². The van der Waals surface area contributed by atoms with Crippen LogP contribution in [0.5, 0.6) is 0 Å². The third kappa shape index (κ3) is 2.15. The van der Waals surface area contributed by atoms with Crippen LogP contribution in [0, 0.1) is 5.82 Å². The number of hydrogen-bond acceptors (Lipinski definition) is 2. The summed E-state index contributed by atoms with van der Waals surface area (Å²) in [5.41, 5.74) is 5.06. The molecule has 1 fully saturated rings. The largest absolute Gasteiger partial charge is 0.271 e. The van der Waals surface area contributed by atoms with Gasteiger partial charge in [0.1, 0.15) is 5.82 Å². The fourth-order valence-corrected chi connectivity index (χ4v) is 2.91. The number of nitrogens with two attached hydrogens (primary N) is 1. The van der Waals surface area contributed by atoms with Crippen LogP contribution in [0.25, 0.3) is 0 Å². The molecule has 0 heterocycles. The average Bonchev–Trinajstić information content (AvgIpc) is 3.22. The zero-order valence-electron chi connectivity index (χ0n) is 10.6. The maximum atomic E-state index is 13.4. The molecule has 2 nitrogen and oxygen atoms in total. The molecule has 1 aliphatic rings. The average molecular weight is 256 g/mol. The maximum Gasteiger partial charge on any atom is 0.123 e. The molecule has 2 aromatic carbocycles. The highest BCUT2D eigenvalue weighted by Crippen LogP contribution is 2.56. The molecule has 0 aliphatic heterocycles. The van der Waals surface area contributed by atoms with Crippen LogP contribution in [-0.2, 0) is 5.41 Å². The summed E-state index contributed by atoms with van der Waals surface area (Å²) in [7, 11) is 0. The second kappa shape index (κ2) is 4.76. The van der Waals surface area contributed by atoms with E-state index < -0.39 is 0 Å². The molecular weight excluding hydrogens is 239 g/mol. The Hall–Kier alpha value is -1.71. The molecule has 0 aromatic heterocycles. The predicted molar refractivity (Wildman–Crippen MR) is 73.8 cm³/mol. The van der Waals surface area contributed by atoms with Crippen LogP contribution in [0.4, 0.5) is 4.39 Å². The monoisotopic (exact) mass is 256 g/mol. The summed E-state index contributed by atoms with van der Waals surface area (Å²) in [5, 5.41) is 0. The van der Waals surface area contributed by atoms with Gasteiger partial charge in [-0.1, -0.05) is 42.5 Å². The summed E-state index contributed by atoms with van der Waals surface area (Å²) in [6.45, 7) is 0. The van der Waals surface area contributed by atoms with Gasteiger partial charge in [0, 0.05) is 5.41 Å². The summed E-state index contributed by atoms with van der Waals surface area (Å²) in [6, 6.07) is 17.0. The molecule has 1 saturated carbocycles. The third-order valence-corrected chi connectivity index (χ3v) is 4.04. The van der Waals surface area contributed by atoms with Crippen molar-refractivity contribution < 1.29 is 4.39 Å². The molecule has 0 saturated heterocycles. The Kier molecular flexibility index (Phi) is 3.09. The quantitative estimate of drug-likeness (QED) is 0.651. The van der Waals surface area contributed by atoms with Crippen LogP contribution in [0.3, 0.4) is 0 Å². The molecule has 0 radical (unpaired) electrons. The van der Waals surface area contributed by atoms with E-state index in [1.165, 1.54) is 11.6 Å². The number of hydrogen-bond donors (Lipinski definition) is 2. The van der Waals surface area contributed by atoms with Crippen LogP contribution in [0.15, 0.2) is 54.6 Å². The highest BCUT2D eigenvalue weighted by molar-refractivity contribution is 5.38. The summed E-state index contributed by atoms with van der Waals surface area (Å²) in [6.07, 6.45) is 2.14. The van der Waals surface area contributed by atoms with Crippen LogP contribution in [0.2, 0.25) is 0 Å². The molecule has 19 heavy (non-hydrogen) atoms. The van der Waals surface area contributed by atoms with Gasteiger partial charge in [-0.25, -0.2) is 4.39 Å². The van der Waals surface area contributed by atoms with Gasteiger partial charge in [0.05, 0.1) is 6.04 Å². The molecule has 3 heteroatoms. The molecule has 0 amide bonds. The molecule has 3 N–H and O–H groups in total. The lowest BCUT2D eigenvalue weighted by molar-refractivity contribution is 0.437. The predicted octanol–water partition coefficient (Wildman–Crippen LogP) is 3.06. The van der Waals surface area contributed by atoms with E-state index in [4.69, 9.17) is 5.84 Å². The van der Waals surface area contributed by atoms with E-state index in [0.29, 0.717) is 0 Å². The van der Waals surface area contributed by atoms with Gasteiger partial charge in [0.2, 0.25) is 0 Å². The summed E-state index contributed by atoms with van der Waals surface area (Å²) in [4.78, 5) is 0. The third-order valence-electron chi connectivity index (χ3n) is 4.04. The molecule has 98 valence electrons. The van der Waals surface area contributed by atoms with Crippen molar-refractivity contribution in [3.8, 4) is 0 Å². The maximum absolute atomic E-state index is 13.4. The number of rotatable bonds is 4. The Balaban J connectivity index is 1.99. The summed E-state index contributed by atoms with van der Waals surface area (Å²) in [5.74, 6) is 5.53. The second-order valence-corrected chi connectivity index (χ2v) is 5.18. The van der Waals surface area contributed by atoms with E-state index in [0.717, 1.165) is 18.4 Å². The fraction of sp³-hybridized carbons (Fsp3) is 0.250. The van der Waals surface area contributed by atoms with Crippen molar-refractivity contribution in [3.63, 3.8) is 0 Å². The highest BCUT2D eigenvalue weighted by Gasteiger charge is 2.50. The molecule has 1 atom stereocenters. The Morgan fingerprint density at radius 3 is 2.37 bits per heavy atom. The highest BCUT2D eigenvalue weighted by atomic mass is 19.1. The van der Waals surface area contributed by atoms with Crippen LogP contribution in [-0.4, -0.2) is 0 Å². The van der Waals surface area contributed by atoms with Gasteiger partial charge in [-0.15, -0.1) is 0 Å². The topological polar surface area (TPSA) is 38.0 Å². The van der Waals surface area contributed by atoms with E-state index in [9.17, 15) is 4.39 Å². The van der Waals surface area contributed by atoms with E-state index in [2.05, 4.69) is 17.6 Å². The first-order chi connectivity index (χ1) is 9.26. The Morgan fingerprint density at radius 2 is 1.79 bits per heavy atom. The molecule has 0 spiro atoms. The molecule has 1 unspecified atom stereocenters. The van der Waals surface area contributed by atoms with Crippen LogP contribution < -0.4 is 11.3 Å². The van der Waals surface area contributed by atoms with Crippen LogP contribution >= 0.6 is 0 Å². The Morgan fingerprint density at radius 1 is 1.05 bits per heavy atom. The molecule has 3 rings (SSSR count). The lowest BCUT2D eigenvalue weighted by Gasteiger charge is -2.27. The molecule has 2 aromatic rings. The van der Waals surface area contributed by atoms with Crippen molar-refractivity contribution in [2.45, 2.75) is 24.3 Å². The summed E-state index contributed by atoms with van der Waals surface area (Å²) >= 11 is 0. The Bertz CT molecular complexity index is 564. The molecule has 1 aliphatic carbocycles. The normalized spacial score (nSPS) is 18.0. The first-order valence-electron chi connectivity index (χ1n) is 6.53. The number of benzene rings is 2. The van der Waals surface area contributed by atoms with Gasteiger partial charge in [0.25, 0.3) is 0 Å². The van der Waals surface area contributed by atoms with E-state index in [-0.39, 0.29) is 17.3 Å². The first kappa shape index (κ1) is 12.3. The minimum absolute atomic E-state index is 0.00377. The van der Waals surface area contributed by atoms with Gasteiger partial charge < -0.3 is 0 Å². The smallest absolute Gasteiger partial charge is 0.123 e. The van der Waals surface area contributed by atoms with Gasteiger partial charge in [0.15, 0.2) is 0 Å². The lowest BCUT2D eigenvalue weighted by atomic mass is 9.84. The van der Waals surface area contributed by atoms with E-state index in [1.54, 1.807) is 12.1 Å². The molecular formula is C16H17FN2. The minimum atomic E-state index is -0.221. The first-order valence-corrected chi connectivity index (χ1v) is 6.53. The van der Waals surface area contributed by atoms with Gasteiger partial charge in [-0.2, -0.15) is 0 Å². The fourth-order valence-electron chi connectivity index (χ4n) is 2.91. The van der Waals surface area contributed by atoms with Crippen molar-refractivity contribution in [3.05, 3.63) is 71.5 Å². The van der Waals surface area contributed by atoms with Crippen molar-refractivity contribution >= 4 is 0 Å². The summed E-state index contributed by atoms with van der Waals surface area (Å²) < 4.78 is 13.4. The van der Waals surface area contributed by atoms with Crippen LogP contribution in [0.1, 0.15) is 30.0 Å². The number of hydrazine groups is 1. The minimum Gasteiger partial charge on any atom is -0.271 e. The van der Waals surface area contributed by atoms with Gasteiger partial charge in [-0.05, 0) is 36.1 Å². The lowest BCUT2D eigenvalue weighted by Crippen LogP contribution is -2.36. The zero-order valence-corrected chi connectivity index (χ0v) is 10.6. The zero-order chi connectivity index (χ0) is 13.3. The standard InChI is InChI=1S/C16H17FN2/c17-14-8-4-5-12(11-14)15(19-18)16(9-10-16)13-6-2-1-3-7-13/h1-8,11,15,19H,9-10,18H2. The van der Waals surface area contributed by atoms with Crippen molar-refractivity contribution in [1.82, 2.24) is 5.43 Å². The SMILES string of the molecule is NNC(c1cccc(F)c1)C1(c2ccccc2)CC1. The second-order valence-electron chi connectivity index (χ2n) is 5.18. The van der Waals surface area contributed by atoms with E-state index >= 15 is 0 Å².